The number of benzene rings is 2. The highest BCUT2D eigenvalue weighted by Crippen LogP contribution is 2.51. The van der Waals surface area contributed by atoms with E-state index in [1.165, 1.54) is 0 Å². The first-order valence-electron chi connectivity index (χ1n) is 7.67. The molecule has 138 valence electrons. The third-order valence-electron chi connectivity index (χ3n) is 3.98. The number of carbonyl (C=O) groups is 1. The molecule has 5 nitrogen and oxygen atoms in total. The van der Waals surface area contributed by atoms with Gasteiger partial charge < -0.3 is 5.32 Å². The third-order valence-corrected chi connectivity index (χ3v) is 5.30. The molecule has 1 aliphatic heterocycles. The summed E-state index contributed by atoms with van der Waals surface area (Å²) in [6.07, 6.45) is -4.87. The van der Waals surface area contributed by atoms with Crippen LogP contribution in [0.15, 0.2) is 59.8 Å². The molecule has 1 aliphatic rings. The van der Waals surface area contributed by atoms with Crippen molar-refractivity contribution in [3.63, 3.8) is 0 Å². The van der Waals surface area contributed by atoms with Gasteiger partial charge in [0, 0.05) is 5.56 Å². The molecule has 1 atom stereocenters. The highest BCUT2D eigenvalue weighted by atomic mass is 32.2. The van der Waals surface area contributed by atoms with Gasteiger partial charge in [-0.05, 0) is 29.5 Å². The number of halogens is 4. The van der Waals surface area contributed by atoms with Crippen LogP contribution < -0.4 is 5.32 Å². The summed E-state index contributed by atoms with van der Waals surface area (Å²) in [6, 6.07) is 11.3. The number of rotatable bonds is 2. The first-order chi connectivity index (χ1) is 12.8. The molecule has 0 saturated heterocycles. The lowest BCUT2D eigenvalue weighted by molar-refractivity contribution is -0.168. The number of hydrogen-bond donors (Lipinski definition) is 1. The minimum atomic E-state index is -4.87. The molecule has 0 spiro atoms. The number of hydrogen-bond acceptors (Lipinski definition) is 4. The van der Waals surface area contributed by atoms with E-state index in [2.05, 4.69) is 10.1 Å². The van der Waals surface area contributed by atoms with Crippen molar-refractivity contribution in [2.45, 2.75) is 16.2 Å². The molecule has 1 unspecified atom stereocenters. The number of carbonyl (C=O) groups excluding carboxylic acids is 1. The Bertz CT molecular complexity index is 1000. The average molecular weight is 394 g/mol. The molecule has 0 bridgehead atoms. The second-order valence-corrected chi connectivity index (χ2v) is 6.90. The van der Waals surface area contributed by atoms with Gasteiger partial charge in [0.1, 0.15) is 5.82 Å². The van der Waals surface area contributed by atoms with Crippen molar-refractivity contribution in [1.29, 1.82) is 0 Å². The molecule has 10 heteroatoms. The van der Waals surface area contributed by atoms with Crippen molar-refractivity contribution < 1.29 is 22.4 Å². The quantitative estimate of drug-likeness (QED) is 0.663. The molecule has 1 aromatic heterocycles. The van der Waals surface area contributed by atoms with Crippen LogP contribution in [0.3, 0.4) is 0 Å². The lowest BCUT2D eigenvalue weighted by atomic mass is 10.1. The molecular formula is C17H10F4N4OS. The number of amides is 1. The molecule has 2 aromatic carbocycles. The van der Waals surface area contributed by atoms with Crippen LogP contribution in [0.4, 0.5) is 22.4 Å². The van der Waals surface area contributed by atoms with Crippen molar-refractivity contribution in [3.05, 3.63) is 66.0 Å². The van der Waals surface area contributed by atoms with Crippen molar-refractivity contribution in [3.8, 4) is 11.4 Å². The van der Waals surface area contributed by atoms with E-state index in [1.807, 2.05) is 5.32 Å². The van der Waals surface area contributed by atoms with Gasteiger partial charge in [-0.25, -0.2) is 14.2 Å². The minimum absolute atomic E-state index is 0.130. The number of thioether (sulfide) groups is 1. The molecule has 3 aromatic rings. The number of nitrogens with zero attached hydrogens (tertiary/aromatic N) is 3. The maximum Gasteiger partial charge on any atom is 0.425 e. The Morgan fingerprint density at radius 1 is 1.04 bits per heavy atom. The van der Waals surface area contributed by atoms with Gasteiger partial charge in [0.05, 0.1) is 0 Å². The Labute approximate surface area is 154 Å². The summed E-state index contributed by atoms with van der Waals surface area (Å²) in [6.45, 7) is 0. The lowest BCUT2D eigenvalue weighted by Gasteiger charge is -2.37. The van der Waals surface area contributed by atoms with Crippen molar-refractivity contribution in [2.24, 2.45) is 0 Å². The van der Waals surface area contributed by atoms with Crippen molar-refractivity contribution >= 4 is 17.8 Å². The number of alkyl halides is 3. The smallest absolute Gasteiger partial charge is 0.309 e. The van der Waals surface area contributed by atoms with Gasteiger partial charge in [0.25, 0.3) is 0 Å². The highest BCUT2D eigenvalue weighted by Gasteiger charge is 2.61. The van der Waals surface area contributed by atoms with Crippen LogP contribution in [0.25, 0.3) is 11.4 Å². The zero-order chi connectivity index (χ0) is 19.2. The fourth-order valence-electron chi connectivity index (χ4n) is 2.68. The van der Waals surface area contributed by atoms with E-state index in [0.717, 1.165) is 28.9 Å². The second kappa shape index (κ2) is 6.08. The Balaban J connectivity index is 1.83. The molecule has 0 radical (unpaired) electrons. The SMILES string of the molecule is O=C1NC(c2ccc(F)cc2)(C(F)(F)F)Sc2nc(-c3ccccc3)nn21. The summed E-state index contributed by atoms with van der Waals surface area (Å²) in [7, 11) is 0. The van der Waals surface area contributed by atoms with Crippen molar-refractivity contribution in [1.82, 2.24) is 20.1 Å². The molecule has 27 heavy (non-hydrogen) atoms. The predicted octanol–water partition coefficient (Wildman–Crippen LogP) is 4.16. The van der Waals surface area contributed by atoms with E-state index >= 15 is 0 Å². The molecule has 0 fully saturated rings. The van der Waals surface area contributed by atoms with Gasteiger partial charge in [-0.1, -0.05) is 42.5 Å². The summed E-state index contributed by atoms with van der Waals surface area (Å²) in [5, 5.41) is 5.76. The summed E-state index contributed by atoms with van der Waals surface area (Å²) in [5.41, 5.74) is 0.248. The average Bonchev–Trinajstić information content (AvgIpc) is 3.06. The second-order valence-electron chi connectivity index (χ2n) is 5.71. The van der Waals surface area contributed by atoms with Gasteiger partial charge in [-0.3, -0.25) is 0 Å². The van der Waals surface area contributed by atoms with E-state index in [-0.39, 0.29) is 16.5 Å². The van der Waals surface area contributed by atoms with Gasteiger partial charge in [-0.2, -0.15) is 17.9 Å². The van der Waals surface area contributed by atoms with E-state index in [4.69, 9.17) is 0 Å². The third kappa shape index (κ3) is 2.85. The Morgan fingerprint density at radius 2 is 1.70 bits per heavy atom. The standard InChI is InChI=1S/C17H10F4N4OS/c18-12-8-6-11(7-9-12)16(17(19,20)21)23-14(26)25-15(27-16)22-13(24-25)10-4-2-1-3-5-10/h1-9H,(H,23,26). The van der Waals surface area contributed by atoms with E-state index in [1.54, 1.807) is 30.3 Å². The number of fused-ring (bicyclic) bond motifs is 1. The summed E-state index contributed by atoms with van der Waals surface area (Å²) in [5.74, 6) is -0.553. The number of aromatic nitrogens is 3. The molecule has 1 N–H and O–H groups in total. The fourth-order valence-corrected chi connectivity index (χ4v) is 3.80. The van der Waals surface area contributed by atoms with Crippen LogP contribution in [0.5, 0.6) is 0 Å². The molecule has 4 rings (SSSR count). The van der Waals surface area contributed by atoms with E-state index in [0.29, 0.717) is 17.3 Å². The van der Waals surface area contributed by atoms with Gasteiger partial charge in [0.2, 0.25) is 4.87 Å². The lowest BCUT2D eigenvalue weighted by Crippen LogP contribution is -2.57. The Morgan fingerprint density at radius 3 is 2.33 bits per heavy atom. The Kier molecular flexibility index (Phi) is 3.95. The van der Waals surface area contributed by atoms with Gasteiger partial charge >= 0.3 is 12.2 Å². The van der Waals surface area contributed by atoms with Crippen LogP contribution in [-0.4, -0.2) is 27.0 Å². The zero-order valence-electron chi connectivity index (χ0n) is 13.4. The van der Waals surface area contributed by atoms with Gasteiger partial charge in [-0.15, -0.1) is 5.10 Å². The predicted molar refractivity (Wildman–Crippen MR) is 89.4 cm³/mol. The first-order valence-corrected chi connectivity index (χ1v) is 8.48. The van der Waals surface area contributed by atoms with E-state index < -0.39 is 22.9 Å². The minimum Gasteiger partial charge on any atom is -0.309 e. The van der Waals surface area contributed by atoms with Crippen LogP contribution in [0, 0.1) is 5.82 Å². The van der Waals surface area contributed by atoms with Crippen LogP contribution in [0.1, 0.15) is 5.56 Å². The Hall–Kier alpha value is -2.88. The molecule has 2 heterocycles. The van der Waals surface area contributed by atoms with Crippen molar-refractivity contribution in [2.75, 3.05) is 0 Å². The van der Waals surface area contributed by atoms with E-state index in [9.17, 15) is 22.4 Å². The molecule has 1 amide bonds. The topological polar surface area (TPSA) is 59.8 Å². The summed E-state index contributed by atoms with van der Waals surface area (Å²) >= 11 is 0.300. The summed E-state index contributed by atoms with van der Waals surface area (Å²) < 4.78 is 56.0. The maximum atomic E-state index is 14.0. The van der Waals surface area contributed by atoms with Crippen LogP contribution in [-0.2, 0) is 4.87 Å². The maximum absolute atomic E-state index is 14.0. The first kappa shape index (κ1) is 17.5. The monoisotopic (exact) mass is 394 g/mol. The van der Waals surface area contributed by atoms with Crippen LogP contribution in [0.2, 0.25) is 0 Å². The highest BCUT2D eigenvalue weighted by molar-refractivity contribution is 8.00. The molecular weight excluding hydrogens is 384 g/mol. The fraction of sp³-hybridized carbons (Fsp3) is 0.118. The summed E-state index contributed by atoms with van der Waals surface area (Å²) in [4.78, 5) is 13.7. The van der Waals surface area contributed by atoms with Gasteiger partial charge in [0.15, 0.2) is 11.0 Å². The van der Waals surface area contributed by atoms with Crippen LogP contribution >= 0.6 is 11.8 Å². The normalized spacial score (nSPS) is 19.5. The number of nitrogens with one attached hydrogen (secondary N) is 1. The zero-order valence-corrected chi connectivity index (χ0v) is 14.2. The molecule has 0 aliphatic carbocycles. The molecule has 0 saturated carbocycles. The largest absolute Gasteiger partial charge is 0.425 e.